The van der Waals surface area contributed by atoms with E-state index < -0.39 is 11.0 Å². The van der Waals surface area contributed by atoms with Crippen molar-refractivity contribution in [1.29, 1.82) is 0 Å². The second kappa shape index (κ2) is 4.73. The molecule has 0 aromatic heterocycles. The molecule has 0 unspecified atom stereocenters. The first-order valence-electron chi connectivity index (χ1n) is 5.79. The van der Waals surface area contributed by atoms with Crippen LogP contribution in [0.3, 0.4) is 0 Å². The van der Waals surface area contributed by atoms with Crippen LogP contribution in [0.4, 0.5) is 5.69 Å². The van der Waals surface area contributed by atoms with Gasteiger partial charge in [-0.3, -0.25) is 14.9 Å². The summed E-state index contributed by atoms with van der Waals surface area (Å²) in [6.07, 6.45) is 0.714. The topological polar surface area (TPSA) is 89.5 Å². The molecule has 1 aliphatic rings. The third kappa shape index (κ3) is 2.33. The number of rotatable bonds is 2. The number of carbonyl (C=O) groups is 1. The number of nitrogens with two attached hydrogens (primary N) is 1. The highest BCUT2D eigenvalue weighted by Gasteiger charge is 2.24. The molecule has 96 valence electrons. The van der Waals surface area contributed by atoms with Gasteiger partial charge in [-0.1, -0.05) is 6.07 Å². The lowest BCUT2D eigenvalue weighted by molar-refractivity contribution is -0.385. The van der Waals surface area contributed by atoms with Crippen LogP contribution < -0.4 is 5.73 Å². The number of non-ortho nitro benzene ring substituents is 1. The van der Waals surface area contributed by atoms with Gasteiger partial charge < -0.3 is 10.6 Å². The summed E-state index contributed by atoms with van der Waals surface area (Å²) in [4.78, 5) is 23.7. The van der Waals surface area contributed by atoms with Crippen molar-refractivity contribution >= 4 is 11.6 Å². The number of benzene rings is 1. The lowest BCUT2D eigenvalue weighted by Gasteiger charge is -2.29. The van der Waals surface area contributed by atoms with E-state index in [0.717, 1.165) is 11.1 Å². The second-order valence-electron chi connectivity index (χ2n) is 4.51. The summed E-state index contributed by atoms with van der Waals surface area (Å²) in [7, 11) is 0. The molecule has 0 saturated heterocycles. The van der Waals surface area contributed by atoms with Gasteiger partial charge in [0.1, 0.15) is 0 Å². The van der Waals surface area contributed by atoms with E-state index in [-0.39, 0.29) is 11.6 Å². The van der Waals surface area contributed by atoms with Crippen molar-refractivity contribution in [2.24, 2.45) is 5.73 Å². The van der Waals surface area contributed by atoms with E-state index in [9.17, 15) is 14.9 Å². The zero-order valence-electron chi connectivity index (χ0n) is 10.1. The van der Waals surface area contributed by atoms with Gasteiger partial charge in [0.15, 0.2) is 0 Å². The fourth-order valence-electron chi connectivity index (χ4n) is 2.13. The quantitative estimate of drug-likeness (QED) is 0.621. The summed E-state index contributed by atoms with van der Waals surface area (Å²) in [6.45, 7) is 2.66. The summed E-state index contributed by atoms with van der Waals surface area (Å²) in [6, 6.07) is 4.27. The third-order valence-corrected chi connectivity index (χ3v) is 3.11. The second-order valence-corrected chi connectivity index (χ2v) is 4.51. The number of hydrogen-bond acceptors (Lipinski definition) is 4. The van der Waals surface area contributed by atoms with E-state index in [1.54, 1.807) is 17.9 Å². The number of fused-ring (bicyclic) bond motifs is 1. The molecule has 0 spiro atoms. The van der Waals surface area contributed by atoms with Crippen molar-refractivity contribution in [1.82, 2.24) is 4.90 Å². The Hall–Kier alpha value is -1.95. The van der Waals surface area contributed by atoms with Crippen molar-refractivity contribution in [2.45, 2.75) is 25.9 Å². The van der Waals surface area contributed by atoms with Crippen LogP contribution >= 0.6 is 0 Å². The van der Waals surface area contributed by atoms with Crippen LogP contribution in [0.2, 0.25) is 0 Å². The van der Waals surface area contributed by atoms with Gasteiger partial charge >= 0.3 is 0 Å². The molecular weight excluding hydrogens is 234 g/mol. The molecule has 1 atom stereocenters. The molecule has 0 fully saturated rings. The zero-order valence-corrected chi connectivity index (χ0v) is 10.1. The predicted molar refractivity (Wildman–Crippen MR) is 65.9 cm³/mol. The smallest absolute Gasteiger partial charge is 0.269 e. The molecule has 0 aliphatic carbocycles. The largest absolute Gasteiger partial charge is 0.337 e. The molecule has 1 aromatic rings. The van der Waals surface area contributed by atoms with Gasteiger partial charge in [0.25, 0.3) is 5.69 Å². The SMILES string of the molecule is C[C@@H](N)C(=O)N1CCc2ccc([N+](=O)[O-])cc2C1. The molecule has 0 radical (unpaired) electrons. The normalized spacial score (nSPS) is 16.0. The maximum absolute atomic E-state index is 11.8. The van der Waals surface area contributed by atoms with Crippen LogP contribution in [-0.2, 0) is 17.8 Å². The highest BCUT2D eigenvalue weighted by atomic mass is 16.6. The Morgan fingerprint density at radius 2 is 2.22 bits per heavy atom. The minimum Gasteiger partial charge on any atom is -0.337 e. The van der Waals surface area contributed by atoms with Crippen molar-refractivity contribution in [3.63, 3.8) is 0 Å². The molecule has 2 N–H and O–H groups in total. The van der Waals surface area contributed by atoms with Gasteiger partial charge in [0.05, 0.1) is 11.0 Å². The van der Waals surface area contributed by atoms with Gasteiger partial charge in [-0.2, -0.15) is 0 Å². The van der Waals surface area contributed by atoms with E-state index in [1.807, 2.05) is 0 Å². The summed E-state index contributed by atoms with van der Waals surface area (Å²) in [5, 5.41) is 10.7. The maximum atomic E-state index is 11.8. The number of hydrogen-bond donors (Lipinski definition) is 1. The monoisotopic (exact) mass is 249 g/mol. The number of nitro groups is 1. The van der Waals surface area contributed by atoms with E-state index in [1.165, 1.54) is 12.1 Å². The number of nitro benzene ring substituents is 1. The van der Waals surface area contributed by atoms with Crippen molar-refractivity contribution in [2.75, 3.05) is 6.54 Å². The van der Waals surface area contributed by atoms with Crippen LogP contribution in [0.5, 0.6) is 0 Å². The molecular formula is C12H15N3O3. The van der Waals surface area contributed by atoms with Crippen LogP contribution in [0, 0.1) is 10.1 Å². The molecule has 1 amide bonds. The van der Waals surface area contributed by atoms with Crippen LogP contribution in [0.15, 0.2) is 18.2 Å². The minimum absolute atomic E-state index is 0.0591. The Kier molecular flexibility index (Phi) is 3.29. The van der Waals surface area contributed by atoms with E-state index >= 15 is 0 Å². The zero-order chi connectivity index (χ0) is 13.3. The molecule has 18 heavy (non-hydrogen) atoms. The Morgan fingerprint density at radius 3 is 2.83 bits per heavy atom. The molecule has 1 heterocycles. The number of carbonyl (C=O) groups excluding carboxylic acids is 1. The molecule has 0 bridgehead atoms. The Balaban J connectivity index is 2.24. The molecule has 0 saturated carbocycles. The van der Waals surface area contributed by atoms with Gasteiger partial charge in [-0.05, 0) is 24.5 Å². The first kappa shape index (κ1) is 12.5. The fourth-order valence-corrected chi connectivity index (χ4v) is 2.13. The Bertz CT molecular complexity index is 499. The van der Waals surface area contributed by atoms with Gasteiger partial charge in [0, 0.05) is 25.2 Å². The average Bonchev–Trinajstić information content (AvgIpc) is 2.36. The molecule has 6 nitrogen and oxygen atoms in total. The van der Waals surface area contributed by atoms with Crippen LogP contribution in [0.25, 0.3) is 0 Å². The highest BCUT2D eigenvalue weighted by Crippen LogP contribution is 2.23. The summed E-state index contributed by atoms with van der Waals surface area (Å²) < 4.78 is 0. The summed E-state index contributed by atoms with van der Waals surface area (Å²) >= 11 is 0. The van der Waals surface area contributed by atoms with Crippen molar-refractivity contribution in [3.05, 3.63) is 39.4 Å². The Morgan fingerprint density at radius 1 is 1.50 bits per heavy atom. The van der Waals surface area contributed by atoms with E-state index in [2.05, 4.69) is 0 Å². The highest BCUT2D eigenvalue weighted by molar-refractivity contribution is 5.81. The molecule has 2 rings (SSSR count). The first-order valence-corrected chi connectivity index (χ1v) is 5.79. The number of nitrogens with zero attached hydrogens (tertiary/aromatic N) is 2. The van der Waals surface area contributed by atoms with Crippen molar-refractivity contribution < 1.29 is 9.72 Å². The van der Waals surface area contributed by atoms with Gasteiger partial charge in [-0.25, -0.2) is 0 Å². The minimum atomic E-state index is -0.537. The lowest BCUT2D eigenvalue weighted by atomic mass is 9.98. The van der Waals surface area contributed by atoms with Gasteiger partial charge in [-0.15, -0.1) is 0 Å². The first-order chi connectivity index (χ1) is 8.49. The van der Waals surface area contributed by atoms with Crippen LogP contribution in [0.1, 0.15) is 18.1 Å². The van der Waals surface area contributed by atoms with E-state index in [4.69, 9.17) is 5.73 Å². The van der Waals surface area contributed by atoms with Crippen LogP contribution in [-0.4, -0.2) is 28.3 Å². The summed E-state index contributed by atoms with van der Waals surface area (Å²) in [5.74, 6) is -0.118. The maximum Gasteiger partial charge on any atom is 0.269 e. The molecule has 1 aliphatic heterocycles. The fraction of sp³-hybridized carbons (Fsp3) is 0.417. The average molecular weight is 249 g/mol. The Labute approximate surface area is 105 Å². The molecule has 6 heteroatoms. The standard InChI is InChI=1S/C12H15N3O3/c1-8(13)12(16)14-5-4-9-2-3-11(15(17)18)6-10(9)7-14/h2-3,6,8H,4-5,7,13H2,1H3/t8-/m1/s1. The number of amides is 1. The van der Waals surface area contributed by atoms with Crippen molar-refractivity contribution in [3.8, 4) is 0 Å². The predicted octanol–water partition coefficient (Wildman–Crippen LogP) is 0.827. The molecule has 1 aromatic carbocycles. The van der Waals surface area contributed by atoms with Gasteiger partial charge in [0.2, 0.25) is 5.91 Å². The summed E-state index contributed by atoms with van der Waals surface area (Å²) in [5.41, 5.74) is 7.53. The van der Waals surface area contributed by atoms with E-state index in [0.29, 0.717) is 19.5 Å². The third-order valence-electron chi connectivity index (χ3n) is 3.11. The lowest BCUT2D eigenvalue weighted by Crippen LogP contribution is -2.44.